The number of carboxylic acids is 1. The fraction of sp³-hybridized carbons (Fsp3) is 0.417. The summed E-state index contributed by atoms with van der Waals surface area (Å²) in [5.74, 6) is -0.848. The molecule has 1 aromatic heterocycles. The van der Waals surface area contributed by atoms with Crippen LogP contribution in [-0.2, 0) is 21.2 Å². The highest BCUT2D eigenvalue weighted by molar-refractivity contribution is 7.89. The molecule has 1 aliphatic heterocycles. The van der Waals surface area contributed by atoms with Crippen LogP contribution in [0.1, 0.15) is 45.3 Å². The maximum atomic E-state index is 14.0. The number of benzene rings is 2. The number of sulfonamides is 1. The van der Waals surface area contributed by atoms with Crippen molar-refractivity contribution in [2.45, 2.75) is 63.1 Å². The molecular weight excluding hydrogens is 461 g/mol. The number of ether oxygens (including phenoxy) is 1. The van der Waals surface area contributed by atoms with Crippen molar-refractivity contribution in [3.63, 3.8) is 0 Å². The van der Waals surface area contributed by atoms with Crippen LogP contribution in [0.15, 0.2) is 47.4 Å². The molecule has 10 heteroatoms. The third-order valence-electron chi connectivity index (χ3n) is 6.00. The normalized spacial score (nSPS) is 19.6. The van der Waals surface area contributed by atoms with E-state index < -0.39 is 21.8 Å². The molecule has 1 aliphatic rings. The summed E-state index contributed by atoms with van der Waals surface area (Å²) in [6.07, 6.45) is 0.657. The number of aliphatic carboxylic acids is 1. The number of hydrogen-bond acceptors (Lipinski definition) is 5. The van der Waals surface area contributed by atoms with Crippen molar-refractivity contribution in [2.24, 2.45) is 0 Å². The van der Waals surface area contributed by atoms with Gasteiger partial charge in [0.2, 0.25) is 10.0 Å². The Morgan fingerprint density at radius 1 is 1.24 bits per heavy atom. The van der Waals surface area contributed by atoms with E-state index in [4.69, 9.17) is 4.74 Å². The number of halogens is 1. The average Bonchev–Trinajstić information content (AvgIpc) is 3.10. The van der Waals surface area contributed by atoms with Gasteiger partial charge in [-0.25, -0.2) is 12.8 Å². The minimum absolute atomic E-state index is 0.00984. The van der Waals surface area contributed by atoms with Crippen LogP contribution in [0.25, 0.3) is 10.9 Å². The first-order chi connectivity index (χ1) is 16.1. The third-order valence-corrected chi connectivity index (χ3v) is 8.03. The van der Waals surface area contributed by atoms with Crippen LogP contribution in [0.4, 0.5) is 4.39 Å². The Labute approximate surface area is 198 Å². The number of piperidine rings is 1. The molecule has 8 nitrogen and oxygen atoms in total. The van der Waals surface area contributed by atoms with Gasteiger partial charge in [0.1, 0.15) is 11.6 Å². The van der Waals surface area contributed by atoms with Gasteiger partial charge >= 0.3 is 5.97 Å². The average molecular weight is 490 g/mol. The van der Waals surface area contributed by atoms with E-state index in [9.17, 15) is 22.7 Å². The molecule has 2 heterocycles. The minimum atomic E-state index is -3.71. The van der Waals surface area contributed by atoms with Gasteiger partial charge in [0, 0.05) is 18.0 Å². The molecule has 1 N–H and O–H groups in total. The van der Waals surface area contributed by atoms with Crippen molar-refractivity contribution in [1.29, 1.82) is 0 Å². The van der Waals surface area contributed by atoms with E-state index in [0.717, 1.165) is 0 Å². The molecule has 0 aliphatic carbocycles. The molecule has 4 rings (SSSR count). The van der Waals surface area contributed by atoms with Crippen molar-refractivity contribution in [1.82, 2.24) is 14.1 Å². The Morgan fingerprint density at radius 3 is 2.56 bits per heavy atom. The number of hydrogen-bond donors (Lipinski definition) is 1. The Hall–Kier alpha value is -2.98. The zero-order valence-corrected chi connectivity index (χ0v) is 20.1. The largest absolute Gasteiger partial charge is 0.491 e. The summed E-state index contributed by atoms with van der Waals surface area (Å²) >= 11 is 0. The molecule has 0 bridgehead atoms. The smallest absolute Gasteiger partial charge is 0.309 e. The standard InChI is InChI=1S/C24H28FN3O5S/c1-15(2)33-19-5-7-20(8-6-19)34(31,32)27-11-10-18(12-16(27)3)28-23-13-17(25)4-9-21(23)22(26-28)14-24(29)30/h4-9,13,15-16,18H,10-12,14H2,1-3H3,(H,29,30)/t16-,18+/m1/s1. The van der Waals surface area contributed by atoms with Crippen molar-refractivity contribution in [3.05, 3.63) is 54.0 Å². The summed E-state index contributed by atoms with van der Waals surface area (Å²) in [6.45, 7) is 5.91. The SMILES string of the molecule is CC(C)Oc1ccc(S(=O)(=O)N2CC[C@H](n3nc(CC(=O)O)c4ccc(F)cc43)C[C@H]2C)cc1. The van der Waals surface area contributed by atoms with Gasteiger partial charge in [0.05, 0.1) is 34.7 Å². The Kier molecular flexibility index (Phi) is 6.64. The van der Waals surface area contributed by atoms with Crippen LogP contribution < -0.4 is 4.74 Å². The van der Waals surface area contributed by atoms with Crippen molar-refractivity contribution >= 4 is 26.9 Å². The Bertz CT molecular complexity index is 1300. The number of fused-ring (bicyclic) bond motifs is 1. The molecule has 182 valence electrons. The molecule has 0 amide bonds. The predicted octanol–water partition coefficient (Wildman–Crippen LogP) is 4.00. The molecule has 0 spiro atoms. The van der Waals surface area contributed by atoms with E-state index in [1.54, 1.807) is 35.0 Å². The van der Waals surface area contributed by atoms with Gasteiger partial charge in [-0.2, -0.15) is 9.40 Å². The fourth-order valence-corrected chi connectivity index (χ4v) is 6.19. The zero-order chi connectivity index (χ0) is 24.6. The molecular formula is C24H28FN3O5S. The Balaban J connectivity index is 1.57. The lowest BCUT2D eigenvalue weighted by molar-refractivity contribution is -0.136. The second-order valence-electron chi connectivity index (χ2n) is 8.90. The van der Waals surface area contributed by atoms with Crippen molar-refractivity contribution in [3.8, 4) is 5.75 Å². The third kappa shape index (κ3) is 4.78. The predicted molar refractivity (Wildman–Crippen MR) is 125 cm³/mol. The maximum absolute atomic E-state index is 14.0. The van der Waals surface area contributed by atoms with E-state index in [1.165, 1.54) is 16.4 Å². The van der Waals surface area contributed by atoms with Crippen LogP contribution in [-0.4, -0.2) is 52.3 Å². The van der Waals surface area contributed by atoms with Gasteiger partial charge in [0.25, 0.3) is 0 Å². The van der Waals surface area contributed by atoms with Crippen LogP contribution in [0.5, 0.6) is 5.75 Å². The number of rotatable bonds is 7. The first-order valence-corrected chi connectivity index (χ1v) is 12.7. The number of carboxylic acid groups (broad SMARTS) is 1. The second kappa shape index (κ2) is 9.34. The van der Waals surface area contributed by atoms with Gasteiger partial charge in [-0.3, -0.25) is 9.48 Å². The number of carbonyl (C=O) groups is 1. The van der Waals surface area contributed by atoms with E-state index in [0.29, 0.717) is 35.2 Å². The van der Waals surface area contributed by atoms with E-state index in [2.05, 4.69) is 5.10 Å². The van der Waals surface area contributed by atoms with Crippen LogP contribution in [0.3, 0.4) is 0 Å². The van der Waals surface area contributed by atoms with Crippen molar-refractivity contribution in [2.75, 3.05) is 6.54 Å². The topological polar surface area (TPSA) is 102 Å². The molecule has 0 unspecified atom stereocenters. The van der Waals surface area contributed by atoms with Crippen LogP contribution >= 0.6 is 0 Å². The van der Waals surface area contributed by atoms with Gasteiger partial charge in [0.15, 0.2) is 0 Å². The maximum Gasteiger partial charge on any atom is 0.309 e. The van der Waals surface area contributed by atoms with Gasteiger partial charge in [-0.1, -0.05) is 0 Å². The fourth-order valence-electron chi connectivity index (χ4n) is 4.53. The minimum Gasteiger partial charge on any atom is -0.491 e. The summed E-state index contributed by atoms with van der Waals surface area (Å²) in [7, 11) is -3.71. The molecule has 0 radical (unpaired) electrons. The highest BCUT2D eigenvalue weighted by atomic mass is 32.2. The van der Waals surface area contributed by atoms with E-state index >= 15 is 0 Å². The summed E-state index contributed by atoms with van der Waals surface area (Å²) in [5.41, 5.74) is 0.888. The summed E-state index contributed by atoms with van der Waals surface area (Å²) < 4.78 is 49.3. The quantitative estimate of drug-likeness (QED) is 0.538. The highest BCUT2D eigenvalue weighted by Crippen LogP contribution is 2.34. The second-order valence-corrected chi connectivity index (χ2v) is 10.8. The van der Waals surface area contributed by atoms with Crippen molar-refractivity contribution < 1.29 is 27.4 Å². The van der Waals surface area contributed by atoms with E-state index in [1.807, 2.05) is 20.8 Å². The van der Waals surface area contributed by atoms with Gasteiger partial charge < -0.3 is 9.84 Å². The van der Waals surface area contributed by atoms with Crippen LogP contribution in [0, 0.1) is 5.82 Å². The molecule has 1 fully saturated rings. The monoisotopic (exact) mass is 489 g/mol. The molecule has 1 saturated heterocycles. The molecule has 0 saturated carbocycles. The molecule has 34 heavy (non-hydrogen) atoms. The molecule has 2 atom stereocenters. The lowest BCUT2D eigenvalue weighted by Crippen LogP contribution is -2.45. The summed E-state index contributed by atoms with van der Waals surface area (Å²) in [6, 6.07) is 10.1. The first kappa shape index (κ1) is 24.2. The summed E-state index contributed by atoms with van der Waals surface area (Å²) in [4.78, 5) is 11.5. The molecule has 2 aromatic carbocycles. The van der Waals surface area contributed by atoms with Crippen LogP contribution in [0.2, 0.25) is 0 Å². The lowest BCUT2D eigenvalue weighted by atomic mass is 10.0. The zero-order valence-electron chi connectivity index (χ0n) is 19.3. The number of aromatic nitrogens is 2. The molecule has 3 aromatic rings. The number of nitrogens with zero attached hydrogens (tertiary/aromatic N) is 3. The highest BCUT2D eigenvalue weighted by Gasteiger charge is 2.36. The Morgan fingerprint density at radius 2 is 1.94 bits per heavy atom. The first-order valence-electron chi connectivity index (χ1n) is 11.2. The summed E-state index contributed by atoms with van der Waals surface area (Å²) in [5, 5.41) is 14.3. The van der Waals surface area contributed by atoms with Gasteiger partial charge in [-0.15, -0.1) is 0 Å². The lowest BCUT2D eigenvalue weighted by Gasteiger charge is -2.37. The van der Waals surface area contributed by atoms with E-state index in [-0.39, 0.29) is 36.0 Å². The van der Waals surface area contributed by atoms with Gasteiger partial charge in [-0.05, 0) is 76.1 Å².